The Morgan fingerprint density at radius 1 is 1.17 bits per heavy atom. The number of anilines is 2. The Kier molecular flexibility index (Phi) is 6.47. The number of benzene rings is 2. The topological polar surface area (TPSA) is 102 Å². The lowest BCUT2D eigenvalue weighted by Gasteiger charge is -2.12. The van der Waals surface area contributed by atoms with Crippen molar-refractivity contribution in [1.29, 1.82) is 0 Å². The van der Waals surface area contributed by atoms with Crippen LogP contribution in [0.5, 0.6) is 5.75 Å². The van der Waals surface area contributed by atoms with Crippen molar-refractivity contribution < 1.29 is 17.9 Å². The summed E-state index contributed by atoms with van der Waals surface area (Å²) in [7, 11) is -2.19. The van der Waals surface area contributed by atoms with Gasteiger partial charge in [-0.05, 0) is 72.2 Å². The number of ether oxygens (including phenoxy) is 1. The molecule has 0 unspecified atom stereocenters. The SMILES string of the molecule is CCOc1ccc(NS(=O)(=O)c2cccc(NC(=O)c3cc(C)nn3C)c2)cc1Br. The molecule has 0 spiro atoms. The zero-order chi connectivity index (χ0) is 21.9. The Hall–Kier alpha value is -2.85. The number of hydrogen-bond donors (Lipinski definition) is 2. The fraction of sp³-hybridized carbons (Fsp3) is 0.200. The van der Waals surface area contributed by atoms with E-state index in [0.717, 1.165) is 0 Å². The van der Waals surface area contributed by atoms with Crippen LogP contribution >= 0.6 is 15.9 Å². The van der Waals surface area contributed by atoms with Gasteiger partial charge in [-0.2, -0.15) is 5.10 Å². The Bertz CT molecular complexity index is 1190. The zero-order valence-electron chi connectivity index (χ0n) is 16.6. The highest BCUT2D eigenvalue weighted by Crippen LogP contribution is 2.29. The van der Waals surface area contributed by atoms with E-state index in [1.165, 1.54) is 16.8 Å². The largest absolute Gasteiger partial charge is 0.493 e. The quantitative estimate of drug-likeness (QED) is 0.519. The number of aromatic nitrogens is 2. The van der Waals surface area contributed by atoms with Gasteiger partial charge in [0.25, 0.3) is 15.9 Å². The van der Waals surface area contributed by atoms with Crippen LogP contribution in [0.3, 0.4) is 0 Å². The number of carbonyl (C=O) groups is 1. The molecule has 0 aliphatic heterocycles. The van der Waals surface area contributed by atoms with Crippen LogP contribution in [0.1, 0.15) is 23.1 Å². The van der Waals surface area contributed by atoms with Crippen LogP contribution in [0.2, 0.25) is 0 Å². The molecule has 0 fully saturated rings. The van der Waals surface area contributed by atoms with Crippen LogP contribution in [0.4, 0.5) is 11.4 Å². The van der Waals surface area contributed by atoms with Crippen molar-refractivity contribution in [1.82, 2.24) is 9.78 Å². The number of nitrogens with one attached hydrogen (secondary N) is 2. The molecule has 0 radical (unpaired) electrons. The first-order valence-electron chi connectivity index (χ1n) is 9.07. The van der Waals surface area contributed by atoms with E-state index < -0.39 is 10.0 Å². The van der Waals surface area contributed by atoms with E-state index in [4.69, 9.17) is 4.74 Å². The lowest BCUT2D eigenvalue weighted by atomic mass is 10.3. The Morgan fingerprint density at radius 3 is 2.57 bits per heavy atom. The summed E-state index contributed by atoms with van der Waals surface area (Å²) in [5, 5.41) is 6.84. The van der Waals surface area contributed by atoms with Crippen molar-refractivity contribution >= 4 is 43.2 Å². The minimum atomic E-state index is -3.86. The lowest BCUT2D eigenvalue weighted by molar-refractivity contribution is 0.101. The Morgan fingerprint density at radius 2 is 1.93 bits per heavy atom. The monoisotopic (exact) mass is 492 g/mol. The average molecular weight is 493 g/mol. The molecule has 0 atom stereocenters. The first kappa shape index (κ1) is 21.8. The zero-order valence-corrected chi connectivity index (χ0v) is 19.0. The second kappa shape index (κ2) is 8.88. The summed E-state index contributed by atoms with van der Waals surface area (Å²) in [4.78, 5) is 12.5. The molecule has 1 heterocycles. The highest BCUT2D eigenvalue weighted by molar-refractivity contribution is 9.10. The number of sulfonamides is 1. The number of amides is 1. The molecule has 1 aromatic heterocycles. The third-order valence-corrected chi connectivity index (χ3v) is 6.12. The highest BCUT2D eigenvalue weighted by atomic mass is 79.9. The van der Waals surface area contributed by atoms with E-state index in [1.807, 2.05) is 6.92 Å². The Balaban J connectivity index is 1.79. The normalized spacial score (nSPS) is 11.2. The maximum absolute atomic E-state index is 12.8. The van der Waals surface area contributed by atoms with Gasteiger partial charge in [-0.15, -0.1) is 0 Å². The molecule has 158 valence electrons. The van der Waals surface area contributed by atoms with Gasteiger partial charge in [0.1, 0.15) is 11.4 Å². The van der Waals surface area contributed by atoms with Gasteiger partial charge >= 0.3 is 0 Å². The van der Waals surface area contributed by atoms with Crippen LogP contribution in [-0.2, 0) is 17.1 Å². The molecule has 2 N–H and O–H groups in total. The van der Waals surface area contributed by atoms with Crippen molar-refractivity contribution in [2.45, 2.75) is 18.7 Å². The van der Waals surface area contributed by atoms with Gasteiger partial charge < -0.3 is 10.1 Å². The van der Waals surface area contributed by atoms with Gasteiger partial charge in [0, 0.05) is 12.7 Å². The molecule has 8 nitrogen and oxygen atoms in total. The molecule has 0 aliphatic carbocycles. The van der Waals surface area contributed by atoms with E-state index in [-0.39, 0.29) is 10.8 Å². The van der Waals surface area contributed by atoms with Crippen LogP contribution < -0.4 is 14.8 Å². The van der Waals surface area contributed by atoms with Crippen molar-refractivity contribution in [3.05, 3.63) is 64.4 Å². The summed E-state index contributed by atoms with van der Waals surface area (Å²) in [6, 6.07) is 12.6. The van der Waals surface area contributed by atoms with Crippen LogP contribution in [-0.4, -0.2) is 30.7 Å². The van der Waals surface area contributed by atoms with Gasteiger partial charge in [0.15, 0.2) is 0 Å². The molecule has 0 bridgehead atoms. The fourth-order valence-electron chi connectivity index (χ4n) is 2.81. The molecule has 30 heavy (non-hydrogen) atoms. The molecule has 2 aromatic carbocycles. The standard InChI is InChI=1S/C20H21BrN4O4S/c1-4-29-19-9-8-15(12-17(19)21)24-30(27,28)16-7-5-6-14(11-16)22-20(26)18-10-13(2)23-25(18)3/h5-12,24H,4H2,1-3H3,(H,22,26). The number of carbonyl (C=O) groups excluding carboxylic acids is 1. The van der Waals surface area contributed by atoms with E-state index in [9.17, 15) is 13.2 Å². The van der Waals surface area contributed by atoms with Gasteiger partial charge in [-0.25, -0.2) is 8.42 Å². The summed E-state index contributed by atoms with van der Waals surface area (Å²) in [6.07, 6.45) is 0. The minimum Gasteiger partial charge on any atom is -0.493 e. The van der Waals surface area contributed by atoms with E-state index in [1.54, 1.807) is 50.4 Å². The lowest BCUT2D eigenvalue weighted by Crippen LogP contribution is -2.17. The molecule has 3 aromatic rings. The smallest absolute Gasteiger partial charge is 0.273 e. The van der Waals surface area contributed by atoms with Crippen LogP contribution in [0.15, 0.2) is 57.9 Å². The van der Waals surface area contributed by atoms with Crippen molar-refractivity contribution in [2.75, 3.05) is 16.6 Å². The van der Waals surface area contributed by atoms with Crippen LogP contribution in [0, 0.1) is 6.92 Å². The van der Waals surface area contributed by atoms with Gasteiger partial charge in [0.2, 0.25) is 0 Å². The summed E-state index contributed by atoms with van der Waals surface area (Å²) < 4.78 is 35.7. The summed E-state index contributed by atoms with van der Waals surface area (Å²) in [6.45, 7) is 4.15. The van der Waals surface area contributed by atoms with E-state index >= 15 is 0 Å². The molecule has 0 saturated carbocycles. The molecule has 0 aliphatic rings. The van der Waals surface area contributed by atoms with E-state index in [2.05, 4.69) is 31.1 Å². The van der Waals surface area contributed by atoms with Crippen molar-refractivity contribution in [3.63, 3.8) is 0 Å². The van der Waals surface area contributed by atoms with Crippen LogP contribution in [0.25, 0.3) is 0 Å². The fourth-order valence-corrected chi connectivity index (χ4v) is 4.40. The maximum atomic E-state index is 12.8. The number of halogens is 1. The molecule has 3 rings (SSSR count). The second-order valence-electron chi connectivity index (χ2n) is 6.46. The Labute approximate surface area is 183 Å². The highest BCUT2D eigenvalue weighted by Gasteiger charge is 2.17. The molecular formula is C20H21BrN4O4S. The van der Waals surface area contributed by atoms with Gasteiger partial charge in [0.05, 0.1) is 27.4 Å². The predicted octanol–water partition coefficient (Wildman–Crippen LogP) is 3.94. The second-order valence-corrected chi connectivity index (χ2v) is 9.00. The number of rotatable bonds is 7. The number of nitrogens with zero attached hydrogens (tertiary/aromatic N) is 2. The summed E-state index contributed by atoms with van der Waals surface area (Å²) in [5.74, 6) is 0.242. The number of aryl methyl sites for hydroxylation is 2. The van der Waals surface area contributed by atoms with Crippen molar-refractivity contribution in [2.24, 2.45) is 7.05 Å². The predicted molar refractivity (Wildman–Crippen MR) is 118 cm³/mol. The van der Waals surface area contributed by atoms with Gasteiger partial charge in [-0.1, -0.05) is 6.07 Å². The summed E-state index contributed by atoms with van der Waals surface area (Å²) in [5.41, 5.74) is 1.82. The third kappa shape index (κ3) is 5.00. The first-order chi connectivity index (χ1) is 14.2. The molecule has 10 heteroatoms. The minimum absolute atomic E-state index is 0.0199. The third-order valence-electron chi connectivity index (χ3n) is 4.12. The van der Waals surface area contributed by atoms with Crippen molar-refractivity contribution in [3.8, 4) is 5.75 Å². The average Bonchev–Trinajstić information content (AvgIpc) is 3.02. The van der Waals surface area contributed by atoms with Gasteiger partial charge in [-0.3, -0.25) is 14.2 Å². The molecule has 0 saturated heterocycles. The van der Waals surface area contributed by atoms with E-state index in [0.29, 0.717) is 39.6 Å². The first-order valence-corrected chi connectivity index (χ1v) is 11.3. The molecular weight excluding hydrogens is 472 g/mol. The number of hydrogen-bond acceptors (Lipinski definition) is 5. The maximum Gasteiger partial charge on any atom is 0.273 e. The summed E-state index contributed by atoms with van der Waals surface area (Å²) >= 11 is 3.37. The molecule has 1 amide bonds.